The first-order valence-corrected chi connectivity index (χ1v) is 9.85. The average Bonchev–Trinajstić information content (AvgIpc) is 3.28. The van der Waals surface area contributed by atoms with Crippen molar-refractivity contribution in [2.75, 3.05) is 19.6 Å². The second-order valence-corrected chi connectivity index (χ2v) is 7.72. The van der Waals surface area contributed by atoms with E-state index in [0.29, 0.717) is 5.41 Å². The van der Waals surface area contributed by atoms with Crippen LogP contribution in [0.25, 0.3) is 0 Å². The summed E-state index contributed by atoms with van der Waals surface area (Å²) in [6.07, 6.45) is 9.36. The molecule has 1 spiro atoms. The standard InChI is InChI=1S/C21H29N5/c1-2-22-20(25-13-10-21(17-25)8-4-9-21)23-15-18-6-3-7-19(14-18)16-26-12-5-11-24-26/h3,5-7,11-12,14H,2,4,8-10,13,15-17H2,1H3,(H,22,23). The van der Waals surface area contributed by atoms with Crippen molar-refractivity contribution in [3.63, 3.8) is 0 Å². The van der Waals surface area contributed by atoms with Gasteiger partial charge in [-0.05, 0) is 48.8 Å². The maximum atomic E-state index is 4.94. The minimum Gasteiger partial charge on any atom is -0.357 e. The molecule has 1 aliphatic heterocycles. The Kier molecular flexibility index (Phi) is 4.96. The molecule has 1 N–H and O–H groups in total. The Labute approximate surface area is 156 Å². The van der Waals surface area contributed by atoms with E-state index in [1.165, 1.54) is 43.4 Å². The van der Waals surface area contributed by atoms with Crippen LogP contribution in [0.2, 0.25) is 0 Å². The number of hydrogen-bond donors (Lipinski definition) is 1. The van der Waals surface area contributed by atoms with Crippen LogP contribution in [0.5, 0.6) is 0 Å². The van der Waals surface area contributed by atoms with Crippen molar-refractivity contribution in [1.82, 2.24) is 20.0 Å². The lowest BCUT2D eigenvalue weighted by Gasteiger charge is -2.38. The van der Waals surface area contributed by atoms with E-state index in [-0.39, 0.29) is 0 Å². The summed E-state index contributed by atoms with van der Waals surface area (Å²) in [4.78, 5) is 7.41. The molecular formula is C21H29N5. The number of guanidine groups is 1. The Balaban J connectivity index is 1.43. The molecule has 5 nitrogen and oxygen atoms in total. The summed E-state index contributed by atoms with van der Waals surface area (Å²) in [5, 5.41) is 7.79. The van der Waals surface area contributed by atoms with Crippen LogP contribution in [0.1, 0.15) is 43.7 Å². The normalized spacial score (nSPS) is 19.0. The van der Waals surface area contributed by atoms with Crippen molar-refractivity contribution in [3.8, 4) is 0 Å². The third-order valence-corrected chi connectivity index (χ3v) is 5.79. The summed E-state index contributed by atoms with van der Waals surface area (Å²) in [5.41, 5.74) is 3.11. The lowest BCUT2D eigenvalue weighted by molar-refractivity contribution is 0.151. The Morgan fingerprint density at radius 2 is 2.12 bits per heavy atom. The number of hydrogen-bond acceptors (Lipinski definition) is 2. The summed E-state index contributed by atoms with van der Waals surface area (Å²) < 4.78 is 1.95. The summed E-state index contributed by atoms with van der Waals surface area (Å²) >= 11 is 0. The van der Waals surface area contributed by atoms with Crippen molar-refractivity contribution in [2.45, 2.75) is 45.7 Å². The molecule has 1 saturated carbocycles. The molecule has 4 rings (SSSR count). The number of aliphatic imine (C=N–C) groups is 1. The second kappa shape index (κ2) is 7.52. The molecule has 0 amide bonds. The molecule has 1 aromatic heterocycles. The van der Waals surface area contributed by atoms with Gasteiger partial charge in [0.15, 0.2) is 5.96 Å². The summed E-state index contributed by atoms with van der Waals surface area (Å²) in [6, 6.07) is 10.6. The van der Waals surface area contributed by atoms with Gasteiger partial charge in [-0.2, -0.15) is 5.10 Å². The van der Waals surface area contributed by atoms with Crippen molar-refractivity contribution in [3.05, 3.63) is 53.9 Å². The molecule has 1 saturated heterocycles. The number of rotatable bonds is 5. The average molecular weight is 351 g/mol. The number of nitrogens with zero attached hydrogens (tertiary/aromatic N) is 4. The smallest absolute Gasteiger partial charge is 0.194 e. The van der Waals surface area contributed by atoms with Crippen LogP contribution in [-0.2, 0) is 13.1 Å². The molecule has 1 aliphatic carbocycles. The predicted molar refractivity (Wildman–Crippen MR) is 105 cm³/mol. The second-order valence-electron chi connectivity index (χ2n) is 7.72. The van der Waals surface area contributed by atoms with Crippen LogP contribution < -0.4 is 5.32 Å². The van der Waals surface area contributed by atoms with E-state index in [9.17, 15) is 0 Å². The van der Waals surface area contributed by atoms with Gasteiger partial charge in [0.1, 0.15) is 0 Å². The zero-order valence-corrected chi connectivity index (χ0v) is 15.7. The molecule has 5 heteroatoms. The molecule has 2 heterocycles. The molecule has 2 fully saturated rings. The molecule has 26 heavy (non-hydrogen) atoms. The van der Waals surface area contributed by atoms with Crippen molar-refractivity contribution >= 4 is 5.96 Å². The molecule has 2 aliphatic rings. The Morgan fingerprint density at radius 1 is 1.23 bits per heavy atom. The van der Waals surface area contributed by atoms with Crippen molar-refractivity contribution < 1.29 is 0 Å². The minimum absolute atomic E-state index is 0.597. The van der Waals surface area contributed by atoms with Crippen molar-refractivity contribution in [1.29, 1.82) is 0 Å². The highest BCUT2D eigenvalue weighted by molar-refractivity contribution is 5.80. The third kappa shape index (κ3) is 3.76. The molecular weight excluding hydrogens is 322 g/mol. The van der Waals surface area contributed by atoms with Crippen LogP contribution >= 0.6 is 0 Å². The van der Waals surface area contributed by atoms with Gasteiger partial charge in [-0.1, -0.05) is 30.7 Å². The maximum absolute atomic E-state index is 4.94. The molecule has 1 aromatic carbocycles. The lowest BCUT2D eigenvalue weighted by Crippen LogP contribution is -2.42. The zero-order valence-electron chi connectivity index (χ0n) is 15.7. The fourth-order valence-corrected chi connectivity index (χ4v) is 4.20. The minimum atomic E-state index is 0.597. The van der Waals surface area contributed by atoms with Gasteiger partial charge in [-0.25, -0.2) is 4.99 Å². The van der Waals surface area contributed by atoms with E-state index >= 15 is 0 Å². The Bertz CT molecular complexity index is 746. The summed E-state index contributed by atoms with van der Waals surface area (Å²) in [7, 11) is 0. The summed E-state index contributed by atoms with van der Waals surface area (Å²) in [5.74, 6) is 1.08. The van der Waals surface area contributed by atoms with Gasteiger partial charge < -0.3 is 10.2 Å². The topological polar surface area (TPSA) is 45.5 Å². The monoisotopic (exact) mass is 351 g/mol. The molecule has 138 valence electrons. The Hall–Kier alpha value is -2.30. The van der Waals surface area contributed by atoms with Crippen LogP contribution in [0, 0.1) is 5.41 Å². The van der Waals surface area contributed by atoms with E-state index in [2.05, 4.69) is 46.5 Å². The lowest BCUT2D eigenvalue weighted by atomic mass is 9.68. The molecule has 0 unspecified atom stereocenters. The fraction of sp³-hybridized carbons (Fsp3) is 0.524. The first-order chi connectivity index (χ1) is 12.8. The third-order valence-electron chi connectivity index (χ3n) is 5.79. The van der Waals surface area contributed by atoms with Crippen LogP contribution in [0.3, 0.4) is 0 Å². The van der Waals surface area contributed by atoms with Crippen molar-refractivity contribution in [2.24, 2.45) is 10.4 Å². The predicted octanol–water partition coefficient (Wildman–Crippen LogP) is 3.27. The van der Waals surface area contributed by atoms with Gasteiger partial charge in [0, 0.05) is 32.0 Å². The number of nitrogens with one attached hydrogen (secondary N) is 1. The van der Waals surface area contributed by atoms with Gasteiger partial charge in [-0.3, -0.25) is 4.68 Å². The highest BCUT2D eigenvalue weighted by Gasteiger charge is 2.43. The highest BCUT2D eigenvalue weighted by atomic mass is 15.3. The maximum Gasteiger partial charge on any atom is 0.194 e. The van der Waals surface area contributed by atoms with Crippen LogP contribution in [0.4, 0.5) is 0 Å². The first-order valence-electron chi connectivity index (χ1n) is 9.85. The summed E-state index contributed by atoms with van der Waals surface area (Å²) in [6.45, 7) is 6.92. The van der Waals surface area contributed by atoms with E-state index in [1.807, 2.05) is 23.1 Å². The van der Waals surface area contributed by atoms with E-state index in [0.717, 1.165) is 32.1 Å². The van der Waals surface area contributed by atoms with E-state index < -0.39 is 0 Å². The quantitative estimate of drug-likeness (QED) is 0.664. The highest BCUT2D eigenvalue weighted by Crippen LogP contribution is 2.47. The van der Waals surface area contributed by atoms with Gasteiger partial charge >= 0.3 is 0 Å². The van der Waals surface area contributed by atoms with Gasteiger partial charge in [0.2, 0.25) is 0 Å². The van der Waals surface area contributed by atoms with Gasteiger partial charge in [0.05, 0.1) is 13.1 Å². The number of likely N-dealkylation sites (tertiary alicyclic amines) is 1. The largest absolute Gasteiger partial charge is 0.357 e. The number of aromatic nitrogens is 2. The van der Waals surface area contributed by atoms with Gasteiger partial charge in [-0.15, -0.1) is 0 Å². The van der Waals surface area contributed by atoms with Gasteiger partial charge in [0.25, 0.3) is 0 Å². The van der Waals surface area contributed by atoms with Crippen LogP contribution in [0.15, 0.2) is 47.7 Å². The zero-order chi connectivity index (χ0) is 17.8. The van der Waals surface area contributed by atoms with E-state index in [4.69, 9.17) is 4.99 Å². The Morgan fingerprint density at radius 3 is 2.81 bits per heavy atom. The molecule has 0 bridgehead atoms. The SMILES string of the molecule is CCNC(=NCc1cccc(Cn2cccn2)c1)N1CCC2(CCC2)C1. The molecule has 2 aromatic rings. The number of benzene rings is 1. The van der Waals surface area contributed by atoms with Crippen LogP contribution in [-0.4, -0.2) is 40.3 Å². The fourth-order valence-electron chi connectivity index (χ4n) is 4.20. The molecule has 0 radical (unpaired) electrons. The van der Waals surface area contributed by atoms with E-state index in [1.54, 1.807) is 0 Å². The first kappa shape index (κ1) is 17.1. The molecule has 0 atom stereocenters.